The van der Waals surface area contributed by atoms with Crippen LogP contribution in [-0.2, 0) is 4.79 Å². The standard InChI is InChI=1S/C8H10ClNOS/c1-2-10-8(11)7(9)6-3-4-12-5-6/h3-5,7H,2H2,1H3,(H,10,11). The molecule has 0 saturated carbocycles. The second-order valence-corrected chi connectivity index (χ2v) is 3.53. The van der Waals surface area contributed by atoms with Crippen molar-refractivity contribution in [3.05, 3.63) is 22.4 Å². The molecule has 4 heteroatoms. The van der Waals surface area contributed by atoms with Gasteiger partial charge in [0.25, 0.3) is 0 Å². The molecule has 0 bridgehead atoms. The van der Waals surface area contributed by atoms with E-state index in [0.717, 1.165) is 5.56 Å². The number of rotatable bonds is 3. The summed E-state index contributed by atoms with van der Waals surface area (Å²) >= 11 is 7.41. The van der Waals surface area contributed by atoms with Gasteiger partial charge in [-0.15, -0.1) is 11.6 Å². The Hall–Kier alpha value is -0.540. The van der Waals surface area contributed by atoms with E-state index < -0.39 is 5.38 Å². The van der Waals surface area contributed by atoms with Crippen LogP contribution >= 0.6 is 22.9 Å². The van der Waals surface area contributed by atoms with E-state index in [0.29, 0.717) is 6.54 Å². The summed E-state index contributed by atoms with van der Waals surface area (Å²) in [5, 5.41) is 5.91. The van der Waals surface area contributed by atoms with Crippen molar-refractivity contribution >= 4 is 28.8 Å². The Kier molecular flexibility index (Phi) is 3.56. The van der Waals surface area contributed by atoms with Gasteiger partial charge in [-0.05, 0) is 29.3 Å². The van der Waals surface area contributed by atoms with Gasteiger partial charge in [-0.3, -0.25) is 4.79 Å². The van der Waals surface area contributed by atoms with Crippen molar-refractivity contribution in [1.82, 2.24) is 5.32 Å². The number of likely N-dealkylation sites (N-methyl/N-ethyl adjacent to an activating group) is 1. The van der Waals surface area contributed by atoms with E-state index in [9.17, 15) is 4.79 Å². The maximum Gasteiger partial charge on any atom is 0.242 e. The van der Waals surface area contributed by atoms with E-state index in [2.05, 4.69) is 5.32 Å². The molecule has 2 nitrogen and oxygen atoms in total. The summed E-state index contributed by atoms with van der Waals surface area (Å²) in [7, 11) is 0. The van der Waals surface area contributed by atoms with Gasteiger partial charge in [0.05, 0.1) is 0 Å². The van der Waals surface area contributed by atoms with Gasteiger partial charge in [-0.2, -0.15) is 11.3 Å². The average Bonchev–Trinajstić information content (AvgIpc) is 2.55. The Morgan fingerprint density at radius 2 is 2.58 bits per heavy atom. The molecule has 1 N–H and O–H groups in total. The lowest BCUT2D eigenvalue weighted by atomic mass is 10.2. The molecule has 12 heavy (non-hydrogen) atoms. The van der Waals surface area contributed by atoms with Crippen molar-refractivity contribution in [3.63, 3.8) is 0 Å². The largest absolute Gasteiger partial charge is 0.355 e. The van der Waals surface area contributed by atoms with E-state index in [-0.39, 0.29) is 5.91 Å². The molecule has 0 spiro atoms. The Bertz CT molecular complexity index is 248. The maximum atomic E-state index is 11.2. The third kappa shape index (κ3) is 2.22. The SMILES string of the molecule is CCNC(=O)C(Cl)c1ccsc1. The molecule has 1 amide bonds. The molecule has 0 aromatic carbocycles. The van der Waals surface area contributed by atoms with E-state index >= 15 is 0 Å². The molecule has 1 heterocycles. The van der Waals surface area contributed by atoms with Gasteiger partial charge in [0.15, 0.2) is 0 Å². The number of halogens is 1. The number of thiophene rings is 1. The van der Waals surface area contributed by atoms with E-state index in [1.807, 2.05) is 23.8 Å². The first-order valence-electron chi connectivity index (χ1n) is 3.69. The second-order valence-electron chi connectivity index (χ2n) is 2.31. The van der Waals surface area contributed by atoms with E-state index in [4.69, 9.17) is 11.6 Å². The Morgan fingerprint density at radius 1 is 1.83 bits per heavy atom. The van der Waals surface area contributed by atoms with Crippen molar-refractivity contribution in [1.29, 1.82) is 0 Å². The fourth-order valence-corrected chi connectivity index (χ4v) is 1.81. The lowest BCUT2D eigenvalue weighted by Gasteiger charge is -2.06. The first-order valence-corrected chi connectivity index (χ1v) is 5.07. The normalized spacial score (nSPS) is 12.5. The Labute approximate surface area is 80.5 Å². The van der Waals surface area contributed by atoms with Gasteiger partial charge < -0.3 is 5.32 Å². The van der Waals surface area contributed by atoms with Gasteiger partial charge in [-0.1, -0.05) is 0 Å². The highest BCUT2D eigenvalue weighted by Crippen LogP contribution is 2.22. The first kappa shape index (κ1) is 9.55. The fourth-order valence-electron chi connectivity index (χ4n) is 0.834. The molecule has 1 atom stereocenters. The van der Waals surface area contributed by atoms with Crippen molar-refractivity contribution in [3.8, 4) is 0 Å². The summed E-state index contributed by atoms with van der Waals surface area (Å²) in [5.74, 6) is -0.127. The number of alkyl halides is 1. The van der Waals surface area contributed by atoms with Crippen LogP contribution in [-0.4, -0.2) is 12.5 Å². The first-order chi connectivity index (χ1) is 5.75. The molecule has 0 aliphatic carbocycles. The zero-order valence-corrected chi connectivity index (χ0v) is 8.28. The van der Waals surface area contributed by atoms with E-state index in [1.165, 1.54) is 11.3 Å². The number of hydrogen-bond donors (Lipinski definition) is 1. The van der Waals surface area contributed by atoms with Crippen LogP contribution in [0.3, 0.4) is 0 Å². The molecule has 0 saturated heterocycles. The minimum absolute atomic E-state index is 0.127. The van der Waals surface area contributed by atoms with Crippen molar-refractivity contribution in [2.75, 3.05) is 6.54 Å². The highest BCUT2D eigenvalue weighted by atomic mass is 35.5. The third-order valence-corrected chi connectivity index (χ3v) is 2.57. The molecule has 0 radical (unpaired) electrons. The number of carbonyl (C=O) groups is 1. The molecule has 1 unspecified atom stereocenters. The monoisotopic (exact) mass is 203 g/mol. The van der Waals surface area contributed by atoms with Gasteiger partial charge in [0.2, 0.25) is 5.91 Å². The van der Waals surface area contributed by atoms with Crippen LogP contribution < -0.4 is 5.32 Å². The van der Waals surface area contributed by atoms with Crippen LogP contribution in [0.5, 0.6) is 0 Å². The second kappa shape index (κ2) is 4.48. The van der Waals surface area contributed by atoms with Crippen LogP contribution in [0.2, 0.25) is 0 Å². The Balaban J connectivity index is 2.59. The Morgan fingerprint density at radius 3 is 3.08 bits per heavy atom. The summed E-state index contributed by atoms with van der Waals surface area (Å²) in [6.07, 6.45) is 0. The molecule has 1 rings (SSSR count). The minimum Gasteiger partial charge on any atom is -0.355 e. The number of carbonyl (C=O) groups excluding carboxylic acids is 1. The average molecular weight is 204 g/mol. The molecular formula is C8H10ClNOS. The maximum absolute atomic E-state index is 11.2. The van der Waals surface area contributed by atoms with Crippen LogP contribution in [0.25, 0.3) is 0 Å². The summed E-state index contributed by atoms with van der Waals surface area (Å²) in [4.78, 5) is 11.2. The molecule has 1 aromatic rings. The number of nitrogens with one attached hydrogen (secondary N) is 1. The third-order valence-electron chi connectivity index (χ3n) is 1.42. The van der Waals surface area contributed by atoms with E-state index in [1.54, 1.807) is 0 Å². The topological polar surface area (TPSA) is 29.1 Å². The fraction of sp³-hybridized carbons (Fsp3) is 0.375. The van der Waals surface area contributed by atoms with Crippen LogP contribution in [0.15, 0.2) is 16.8 Å². The predicted octanol–water partition coefficient (Wildman–Crippen LogP) is 2.16. The van der Waals surface area contributed by atoms with Gasteiger partial charge in [0, 0.05) is 6.54 Å². The van der Waals surface area contributed by atoms with Crippen molar-refractivity contribution in [2.24, 2.45) is 0 Å². The highest BCUT2D eigenvalue weighted by Gasteiger charge is 2.16. The molecule has 0 fully saturated rings. The zero-order valence-electron chi connectivity index (χ0n) is 6.71. The van der Waals surface area contributed by atoms with Crippen LogP contribution in [0.1, 0.15) is 17.9 Å². The predicted molar refractivity (Wildman–Crippen MR) is 51.6 cm³/mol. The van der Waals surface area contributed by atoms with Crippen molar-refractivity contribution < 1.29 is 4.79 Å². The molecule has 0 aliphatic rings. The van der Waals surface area contributed by atoms with Gasteiger partial charge >= 0.3 is 0 Å². The minimum atomic E-state index is -0.545. The highest BCUT2D eigenvalue weighted by molar-refractivity contribution is 7.08. The molecule has 1 aromatic heterocycles. The molecule has 66 valence electrons. The van der Waals surface area contributed by atoms with Gasteiger partial charge in [-0.25, -0.2) is 0 Å². The smallest absolute Gasteiger partial charge is 0.242 e. The molecule has 0 aliphatic heterocycles. The zero-order chi connectivity index (χ0) is 8.97. The van der Waals surface area contributed by atoms with Crippen LogP contribution in [0, 0.1) is 0 Å². The quantitative estimate of drug-likeness (QED) is 0.750. The van der Waals surface area contributed by atoms with Gasteiger partial charge in [0.1, 0.15) is 5.38 Å². The number of amides is 1. The van der Waals surface area contributed by atoms with Crippen molar-refractivity contribution in [2.45, 2.75) is 12.3 Å². The summed E-state index contributed by atoms with van der Waals surface area (Å²) in [6.45, 7) is 2.49. The summed E-state index contributed by atoms with van der Waals surface area (Å²) < 4.78 is 0. The number of hydrogen-bond acceptors (Lipinski definition) is 2. The summed E-state index contributed by atoms with van der Waals surface area (Å²) in [6, 6.07) is 1.86. The molecular weight excluding hydrogens is 194 g/mol. The van der Waals surface area contributed by atoms with Crippen LogP contribution in [0.4, 0.5) is 0 Å². The summed E-state index contributed by atoms with van der Waals surface area (Å²) in [5.41, 5.74) is 0.868. The lowest BCUT2D eigenvalue weighted by molar-refractivity contribution is -0.120. The lowest BCUT2D eigenvalue weighted by Crippen LogP contribution is -2.26.